The van der Waals surface area contributed by atoms with Crippen LogP contribution in [0, 0.1) is 0 Å². The van der Waals surface area contributed by atoms with Crippen LogP contribution in [0.5, 0.6) is 5.75 Å². The van der Waals surface area contributed by atoms with Crippen LogP contribution >= 0.6 is 0 Å². The van der Waals surface area contributed by atoms with Gasteiger partial charge in [0.1, 0.15) is 5.75 Å². The molecular formula is C19H11F3N2O3. The molecule has 4 aromatic rings. The number of nitrogens with one attached hydrogen (secondary N) is 1. The Hall–Kier alpha value is -3.55. The van der Waals surface area contributed by atoms with Gasteiger partial charge in [-0.05, 0) is 30.3 Å². The molecule has 0 saturated heterocycles. The van der Waals surface area contributed by atoms with Crippen molar-refractivity contribution in [3.05, 3.63) is 59.7 Å². The van der Waals surface area contributed by atoms with Gasteiger partial charge in [-0.25, -0.2) is 9.78 Å². The minimum absolute atomic E-state index is 0.0102. The van der Waals surface area contributed by atoms with Gasteiger partial charge in [-0.15, -0.1) is 0 Å². The lowest BCUT2D eigenvalue weighted by molar-refractivity contribution is -0.137. The second kappa shape index (κ2) is 5.73. The molecule has 4 rings (SSSR count). The predicted octanol–water partition coefficient (Wildman–Crippen LogP) is 4.81. The van der Waals surface area contributed by atoms with Gasteiger partial charge in [-0.3, -0.25) is 0 Å². The minimum Gasteiger partial charge on any atom is -0.508 e. The summed E-state index contributed by atoms with van der Waals surface area (Å²) < 4.78 is 39.0. The first-order valence-electron chi connectivity index (χ1n) is 7.80. The number of pyridine rings is 1. The standard InChI is InChI=1S/C19H11F3N2O3/c20-19(21,22)10-3-1-2-9(6-10)14-8-13(18(26)27)17-16(23-14)12-5-4-11(25)7-15(12)24-17/h1-8,24-25H,(H,26,27). The van der Waals surface area contributed by atoms with Crippen LogP contribution in [0.3, 0.4) is 0 Å². The normalized spacial score (nSPS) is 12.0. The molecule has 2 aromatic carbocycles. The number of halogens is 3. The van der Waals surface area contributed by atoms with Gasteiger partial charge in [0.05, 0.1) is 33.4 Å². The second-order valence-electron chi connectivity index (χ2n) is 6.02. The number of phenolic OH excluding ortho intramolecular Hbond substituents is 1. The number of H-pyrrole nitrogens is 1. The molecule has 3 N–H and O–H groups in total. The second-order valence-corrected chi connectivity index (χ2v) is 6.02. The number of hydrogen-bond donors (Lipinski definition) is 3. The fourth-order valence-electron chi connectivity index (χ4n) is 3.01. The zero-order chi connectivity index (χ0) is 19.3. The van der Waals surface area contributed by atoms with E-state index in [1.54, 1.807) is 6.07 Å². The van der Waals surface area contributed by atoms with E-state index in [9.17, 15) is 28.2 Å². The highest BCUT2D eigenvalue weighted by atomic mass is 19.4. The monoisotopic (exact) mass is 372 g/mol. The molecule has 136 valence electrons. The van der Waals surface area contributed by atoms with Crippen molar-refractivity contribution in [3.63, 3.8) is 0 Å². The van der Waals surface area contributed by atoms with E-state index in [1.165, 1.54) is 30.3 Å². The molecular weight excluding hydrogens is 361 g/mol. The lowest BCUT2D eigenvalue weighted by Gasteiger charge is -2.09. The van der Waals surface area contributed by atoms with E-state index in [1.807, 2.05) is 0 Å². The predicted molar refractivity (Wildman–Crippen MR) is 92.7 cm³/mol. The molecule has 0 radical (unpaired) electrons. The molecule has 0 aliphatic heterocycles. The summed E-state index contributed by atoms with van der Waals surface area (Å²) in [5, 5.41) is 19.7. The maximum atomic E-state index is 13.0. The smallest absolute Gasteiger partial charge is 0.416 e. The van der Waals surface area contributed by atoms with Crippen LogP contribution < -0.4 is 0 Å². The fourth-order valence-corrected chi connectivity index (χ4v) is 3.01. The third-order valence-corrected chi connectivity index (χ3v) is 4.25. The maximum absolute atomic E-state index is 13.0. The Labute approximate surface area is 149 Å². The summed E-state index contributed by atoms with van der Waals surface area (Å²) in [4.78, 5) is 19.0. The first-order chi connectivity index (χ1) is 12.7. The molecule has 5 nitrogen and oxygen atoms in total. The van der Waals surface area contributed by atoms with Crippen LogP contribution in [0.2, 0.25) is 0 Å². The van der Waals surface area contributed by atoms with Crippen LogP contribution in [0.15, 0.2) is 48.5 Å². The van der Waals surface area contributed by atoms with E-state index >= 15 is 0 Å². The van der Waals surface area contributed by atoms with E-state index in [0.29, 0.717) is 16.4 Å². The molecule has 27 heavy (non-hydrogen) atoms. The van der Waals surface area contributed by atoms with Crippen molar-refractivity contribution in [1.29, 1.82) is 0 Å². The Morgan fingerprint density at radius 3 is 2.56 bits per heavy atom. The van der Waals surface area contributed by atoms with Crippen LogP contribution in [0.25, 0.3) is 33.2 Å². The van der Waals surface area contributed by atoms with Gasteiger partial charge in [0.2, 0.25) is 0 Å². The average molecular weight is 372 g/mol. The molecule has 0 fully saturated rings. The summed E-state index contributed by atoms with van der Waals surface area (Å²) in [6.45, 7) is 0. The van der Waals surface area contributed by atoms with Crippen molar-refractivity contribution >= 4 is 27.9 Å². The van der Waals surface area contributed by atoms with Gasteiger partial charge in [-0.2, -0.15) is 13.2 Å². The number of fused-ring (bicyclic) bond motifs is 3. The zero-order valence-electron chi connectivity index (χ0n) is 13.5. The third-order valence-electron chi connectivity index (χ3n) is 4.25. The van der Waals surface area contributed by atoms with Crippen LogP contribution in [-0.2, 0) is 6.18 Å². The van der Waals surface area contributed by atoms with Crippen molar-refractivity contribution in [3.8, 4) is 17.0 Å². The highest BCUT2D eigenvalue weighted by Gasteiger charge is 2.30. The maximum Gasteiger partial charge on any atom is 0.416 e. The summed E-state index contributed by atoms with van der Waals surface area (Å²) in [5.74, 6) is -1.25. The van der Waals surface area contributed by atoms with Gasteiger partial charge >= 0.3 is 12.1 Å². The van der Waals surface area contributed by atoms with E-state index in [-0.39, 0.29) is 28.1 Å². The molecule has 0 amide bonds. The molecule has 0 atom stereocenters. The van der Waals surface area contributed by atoms with Gasteiger partial charge in [0.15, 0.2) is 0 Å². The molecule has 0 saturated carbocycles. The van der Waals surface area contributed by atoms with Crippen LogP contribution in [0.1, 0.15) is 15.9 Å². The molecule has 0 unspecified atom stereocenters. The lowest BCUT2D eigenvalue weighted by Crippen LogP contribution is -2.05. The number of phenols is 1. The van der Waals surface area contributed by atoms with Crippen molar-refractivity contribution in [2.24, 2.45) is 0 Å². The molecule has 0 aliphatic rings. The van der Waals surface area contributed by atoms with Gasteiger partial charge in [0, 0.05) is 17.0 Å². The number of hydrogen-bond acceptors (Lipinski definition) is 3. The molecule has 0 aliphatic carbocycles. The number of alkyl halides is 3. The minimum atomic E-state index is -4.52. The highest BCUT2D eigenvalue weighted by Crippen LogP contribution is 2.34. The summed E-state index contributed by atoms with van der Waals surface area (Å²) >= 11 is 0. The van der Waals surface area contributed by atoms with Crippen molar-refractivity contribution in [2.45, 2.75) is 6.18 Å². The highest BCUT2D eigenvalue weighted by molar-refractivity contribution is 6.12. The molecule has 2 heterocycles. The largest absolute Gasteiger partial charge is 0.508 e. The first kappa shape index (κ1) is 16.9. The van der Waals surface area contributed by atoms with Crippen molar-refractivity contribution < 1.29 is 28.2 Å². The summed E-state index contributed by atoms with van der Waals surface area (Å²) in [6.07, 6.45) is -4.52. The summed E-state index contributed by atoms with van der Waals surface area (Å²) in [6, 6.07) is 10.2. The number of carboxylic acids is 1. The lowest BCUT2D eigenvalue weighted by atomic mass is 10.0. The number of carboxylic acid groups (broad SMARTS) is 1. The number of aromatic amines is 1. The Kier molecular flexibility index (Phi) is 3.59. The number of carbonyl (C=O) groups is 1. The summed E-state index contributed by atoms with van der Waals surface area (Å²) in [7, 11) is 0. The Bertz CT molecular complexity index is 1210. The quantitative estimate of drug-likeness (QED) is 0.471. The van der Waals surface area contributed by atoms with Gasteiger partial charge < -0.3 is 15.2 Å². The Morgan fingerprint density at radius 1 is 1.07 bits per heavy atom. The van der Waals surface area contributed by atoms with Crippen LogP contribution in [0.4, 0.5) is 13.2 Å². The SMILES string of the molecule is O=C(O)c1cc(-c2cccc(C(F)(F)F)c2)nc2c1[nH]c1cc(O)ccc12. The number of aromatic hydroxyl groups is 1. The van der Waals surface area contributed by atoms with Gasteiger partial charge in [0.25, 0.3) is 0 Å². The van der Waals surface area contributed by atoms with Crippen molar-refractivity contribution in [2.75, 3.05) is 0 Å². The zero-order valence-corrected chi connectivity index (χ0v) is 13.5. The van der Waals surface area contributed by atoms with E-state index in [0.717, 1.165) is 12.1 Å². The number of benzene rings is 2. The van der Waals surface area contributed by atoms with Crippen LogP contribution in [-0.4, -0.2) is 26.2 Å². The number of aromatic nitrogens is 2. The first-order valence-corrected chi connectivity index (χ1v) is 7.80. The van der Waals surface area contributed by atoms with E-state index in [4.69, 9.17) is 0 Å². The summed E-state index contributed by atoms with van der Waals surface area (Å²) in [5.41, 5.74) is 0.311. The Balaban J connectivity index is 2.02. The Morgan fingerprint density at radius 2 is 1.85 bits per heavy atom. The molecule has 8 heteroatoms. The van der Waals surface area contributed by atoms with Gasteiger partial charge in [-0.1, -0.05) is 12.1 Å². The number of aromatic carboxylic acids is 1. The molecule has 2 aromatic heterocycles. The molecule has 0 spiro atoms. The number of rotatable bonds is 2. The van der Waals surface area contributed by atoms with Crippen molar-refractivity contribution in [1.82, 2.24) is 9.97 Å². The third kappa shape index (κ3) is 2.84. The van der Waals surface area contributed by atoms with E-state index in [2.05, 4.69) is 9.97 Å². The van der Waals surface area contributed by atoms with E-state index < -0.39 is 17.7 Å². The topological polar surface area (TPSA) is 86.2 Å². The number of nitrogens with zero attached hydrogens (tertiary/aromatic N) is 1. The fraction of sp³-hybridized carbons (Fsp3) is 0.0526. The molecule has 0 bridgehead atoms. The average Bonchev–Trinajstić information content (AvgIpc) is 2.97.